The predicted molar refractivity (Wildman–Crippen MR) is 112 cm³/mol. The van der Waals surface area contributed by atoms with Crippen molar-refractivity contribution in [2.75, 3.05) is 18.8 Å². The third kappa shape index (κ3) is 9.24. The summed E-state index contributed by atoms with van der Waals surface area (Å²) in [5.74, 6) is -3.09. The van der Waals surface area contributed by atoms with Crippen LogP contribution in [0.5, 0.6) is 0 Å². The molecule has 12 nitrogen and oxygen atoms in total. The van der Waals surface area contributed by atoms with Gasteiger partial charge < -0.3 is 37.5 Å². The summed E-state index contributed by atoms with van der Waals surface area (Å²) >= 11 is 4.02. The van der Waals surface area contributed by atoms with Gasteiger partial charge in [-0.15, -0.1) is 0 Å². The summed E-state index contributed by atoms with van der Waals surface area (Å²) in [5.41, 5.74) is 12.1. The van der Waals surface area contributed by atoms with Gasteiger partial charge in [-0.1, -0.05) is 0 Å². The number of nitrogens with one attached hydrogen (secondary N) is 4. The zero-order valence-corrected chi connectivity index (χ0v) is 17.4. The molecule has 1 aromatic rings. The van der Waals surface area contributed by atoms with E-state index in [2.05, 4.69) is 38.5 Å². The van der Waals surface area contributed by atoms with Crippen molar-refractivity contribution in [1.29, 1.82) is 0 Å². The van der Waals surface area contributed by atoms with Crippen molar-refractivity contribution in [3.63, 3.8) is 0 Å². The molecule has 1 aromatic heterocycles. The highest BCUT2D eigenvalue weighted by molar-refractivity contribution is 7.80. The highest BCUT2D eigenvalue weighted by Crippen LogP contribution is 2.04. The van der Waals surface area contributed by atoms with Crippen molar-refractivity contribution in [3.8, 4) is 0 Å². The lowest BCUT2D eigenvalue weighted by Gasteiger charge is -2.23. The first-order valence-electron chi connectivity index (χ1n) is 9.42. The molecular formula is C17H29N7O5S. The lowest BCUT2D eigenvalue weighted by atomic mass is 10.1. The summed E-state index contributed by atoms with van der Waals surface area (Å²) in [5, 5.41) is 15.9. The molecule has 0 fully saturated rings. The van der Waals surface area contributed by atoms with Crippen LogP contribution in [0.1, 0.15) is 25.0 Å². The fourth-order valence-electron chi connectivity index (χ4n) is 2.52. The van der Waals surface area contributed by atoms with Crippen molar-refractivity contribution in [2.45, 2.75) is 43.8 Å². The van der Waals surface area contributed by atoms with Crippen LogP contribution in [0.2, 0.25) is 0 Å². The Labute approximate surface area is 179 Å². The second-order valence-corrected chi connectivity index (χ2v) is 6.95. The van der Waals surface area contributed by atoms with Crippen LogP contribution in [0, 0.1) is 0 Å². The zero-order valence-electron chi connectivity index (χ0n) is 16.5. The van der Waals surface area contributed by atoms with Gasteiger partial charge in [-0.05, 0) is 25.8 Å². The van der Waals surface area contributed by atoms with E-state index in [0.29, 0.717) is 31.5 Å². The Morgan fingerprint density at radius 3 is 2.40 bits per heavy atom. The summed E-state index contributed by atoms with van der Waals surface area (Å²) in [6.45, 7) is -0.156. The van der Waals surface area contributed by atoms with Gasteiger partial charge in [-0.25, -0.2) is 4.98 Å². The molecule has 168 valence electrons. The number of hydrogen-bond acceptors (Lipinski definition) is 8. The van der Waals surface area contributed by atoms with Crippen LogP contribution < -0.4 is 27.4 Å². The van der Waals surface area contributed by atoms with E-state index in [-0.39, 0.29) is 12.2 Å². The fourth-order valence-corrected chi connectivity index (χ4v) is 2.78. The SMILES string of the molecule is NCCCCC(NC(=O)C(N)Cc1cnc[nH]1)C(=O)NC(CS)C(=O)NCC(=O)O. The average Bonchev–Trinajstić information content (AvgIpc) is 3.22. The van der Waals surface area contributed by atoms with Crippen molar-refractivity contribution < 1.29 is 24.3 Å². The van der Waals surface area contributed by atoms with Crippen molar-refractivity contribution in [2.24, 2.45) is 11.5 Å². The molecule has 3 atom stereocenters. The Morgan fingerprint density at radius 2 is 1.83 bits per heavy atom. The van der Waals surface area contributed by atoms with Gasteiger partial charge in [0, 0.05) is 24.1 Å². The van der Waals surface area contributed by atoms with Gasteiger partial charge in [0.15, 0.2) is 0 Å². The maximum Gasteiger partial charge on any atom is 0.322 e. The number of imidazole rings is 1. The number of aromatic nitrogens is 2. The smallest absolute Gasteiger partial charge is 0.322 e. The number of H-pyrrole nitrogens is 1. The van der Waals surface area contributed by atoms with Gasteiger partial charge in [0.1, 0.15) is 18.6 Å². The molecule has 0 aliphatic heterocycles. The Balaban J connectivity index is 2.73. The summed E-state index contributed by atoms with van der Waals surface area (Å²) in [6, 6.07) is -2.91. The number of amides is 3. The highest BCUT2D eigenvalue weighted by Gasteiger charge is 2.27. The lowest BCUT2D eigenvalue weighted by molar-refractivity contribution is -0.138. The van der Waals surface area contributed by atoms with Crippen molar-refractivity contribution >= 4 is 36.3 Å². The third-order valence-corrected chi connectivity index (χ3v) is 4.51. The number of hydrogen-bond donors (Lipinski definition) is 8. The lowest BCUT2D eigenvalue weighted by Crippen LogP contribution is -2.56. The monoisotopic (exact) mass is 443 g/mol. The first-order chi connectivity index (χ1) is 14.3. The Kier molecular flexibility index (Phi) is 11.5. The minimum Gasteiger partial charge on any atom is -0.480 e. The van der Waals surface area contributed by atoms with Crippen LogP contribution >= 0.6 is 12.6 Å². The number of aliphatic carboxylic acids is 1. The second-order valence-electron chi connectivity index (χ2n) is 6.59. The number of unbranched alkanes of at least 4 members (excludes halogenated alkanes) is 1. The van der Waals surface area contributed by atoms with E-state index in [1.807, 2.05) is 0 Å². The normalized spacial score (nSPS) is 13.7. The van der Waals surface area contributed by atoms with Gasteiger partial charge in [0.2, 0.25) is 17.7 Å². The molecule has 1 rings (SSSR count). The van der Waals surface area contributed by atoms with Gasteiger partial charge in [-0.3, -0.25) is 19.2 Å². The quantitative estimate of drug-likeness (QED) is 0.114. The molecule has 30 heavy (non-hydrogen) atoms. The summed E-state index contributed by atoms with van der Waals surface area (Å²) in [7, 11) is 0. The highest BCUT2D eigenvalue weighted by atomic mass is 32.1. The molecule has 0 saturated carbocycles. The summed E-state index contributed by atoms with van der Waals surface area (Å²) in [4.78, 5) is 54.5. The van der Waals surface area contributed by atoms with Gasteiger partial charge in [0.05, 0.1) is 12.4 Å². The molecule has 13 heteroatoms. The number of aromatic amines is 1. The molecular weight excluding hydrogens is 414 g/mol. The third-order valence-electron chi connectivity index (χ3n) is 4.14. The number of carbonyl (C=O) groups is 4. The number of carboxylic acid groups (broad SMARTS) is 1. The van der Waals surface area contributed by atoms with Gasteiger partial charge in [0.25, 0.3) is 0 Å². The maximum absolute atomic E-state index is 12.7. The van der Waals surface area contributed by atoms with E-state index >= 15 is 0 Å². The van der Waals surface area contributed by atoms with Crippen LogP contribution in [-0.2, 0) is 25.6 Å². The van der Waals surface area contributed by atoms with E-state index in [4.69, 9.17) is 16.6 Å². The molecule has 3 amide bonds. The van der Waals surface area contributed by atoms with E-state index in [1.165, 1.54) is 6.33 Å². The minimum atomic E-state index is -1.22. The van der Waals surface area contributed by atoms with E-state index < -0.39 is 48.4 Å². The topological polar surface area (TPSA) is 205 Å². The van der Waals surface area contributed by atoms with E-state index in [1.54, 1.807) is 6.20 Å². The van der Waals surface area contributed by atoms with E-state index in [9.17, 15) is 19.2 Å². The van der Waals surface area contributed by atoms with Crippen LogP contribution in [0.25, 0.3) is 0 Å². The van der Waals surface area contributed by atoms with E-state index in [0.717, 1.165) is 0 Å². The molecule has 0 radical (unpaired) electrons. The molecule has 0 aromatic carbocycles. The molecule has 0 spiro atoms. The predicted octanol–water partition coefficient (Wildman–Crippen LogP) is -2.49. The van der Waals surface area contributed by atoms with Crippen LogP contribution in [-0.4, -0.2) is 75.7 Å². The molecule has 1 heterocycles. The van der Waals surface area contributed by atoms with Crippen LogP contribution in [0.15, 0.2) is 12.5 Å². The maximum atomic E-state index is 12.7. The Bertz CT molecular complexity index is 701. The summed E-state index contributed by atoms with van der Waals surface area (Å²) < 4.78 is 0. The molecule has 0 aliphatic carbocycles. The molecule has 0 saturated heterocycles. The van der Waals surface area contributed by atoms with Crippen LogP contribution in [0.4, 0.5) is 0 Å². The largest absolute Gasteiger partial charge is 0.480 e. The number of nitrogens with two attached hydrogens (primary N) is 2. The fraction of sp³-hybridized carbons (Fsp3) is 0.588. The first kappa shape index (κ1) is 25.4. The molecule has 3 unspecified atom stereocenters. The zero-order chi connectivity index (χ0) is 22.5. The van der Waals surface area contributed by atoms with Gasteiger partial charge in [-0.2, -0.15) is 12.6 Å². The van der Waals surface area contributed by atoms with Gasteiger partial charge >= 0.3 is 5.97 Å². The summed E-state index contributed by atoms with van der Waals surface area (Å²) in [6.07, 6.45) is 4.74. The Hall–Kier alpha value is -2.64. The number of rotatable bonds is 14. The van der Waals surface area contributed by atoms with Crippen molar-refractivity contribution in [1.82, 2.24) is 25.9 Å². The molecule has 9 N–H and O–H groups in total. The molecule has 0 aliphatic rings. The Morgan fingerprint density at radius 1 is 1.13 bits per heavy atom. The van der Waals surface area contributed by atoms with Crippen LogP contribution in [0.3, 0.4) is 0 Å². The number of carboxylic acids is 1. The number of nitrogens with zero attached hydrogens (tertiary/aromatic N) is 1. The average molecular weight is 444 g/mol. The number of thiol groups is 1. The minimum absolute atomic E-state index is 0.0556. The first-order valence-corrected chi connectivity index (χ1v) is 10.1. The molecule has 0 bridgehead atoms. The standard InChI is InChI=1S/C17H29N7O5S/c18-4-2-1-3-12(23-15(27)11(19)5-10-6-20-9-22-10)17(29)24-13(8-30)16(28)21-7-14(25)26/h6,9,11-13,30H,1-5,7-8,18-19H2,(H,20,22)(H,21,28)(H,23,27)(H,24,29)(H,25,26). The number of carbonyl (C=O) groups excluding carboxylic acids is 3. The van der Waals surface area contributed by atoms with Crippen molar-refractivity contribution in [3.05, 3.63) is 18.2 Å². The second kappa shape index (κ2) is 13.6.